The van der Waals surface area contributed by atoms with Crippen molar-refractivity contribution in [2.24, 2.45) is 4.99 Å². The maximum atomic E-state index is 12.9. The largest absolute Gasteiger partial charge is 0.493 e. The van der Waals surface area contributed by atoms with Gasteiger partial charge in [-0.25, -0.2) is 9.89 Å². The highest BCUT2D eigenvalue weighted by Gasteiger charge is 2.56. The van der Waals surface area contributed by atoms with Crippen LogP contribution in [0.2, 0.25) is 0 Å². The molecule has 3 aliphatic heterocycles. The lowest BCUT2D eigenvalue weighted by molar-refractivity contribution is -0.888. The van der Waals surface area contributed by atoms with Gasteiger partial charge in [0.2, 0.25) is 0 Å². The fourth-order valence-corrected chi connectivity index (χ4v) is 4.46. The number of carbonyl (C=O) groups is 1. The second-order valence-electron chi connectivity index (χ2n) is 6.61. The maximum absolute atomic E-state index is 12.9. The zero-order valence-electron chi connectivity index (χ0n) is 15.0. The second kappa shape index (κ2) is 6.73. The van der Waals surface area contributed by atoms with Crippen LogP contribution in [-0.2, 0) is 14.3 Å². The highest BCUT2D eigenvalue weighted by atomic mass is 32.2. The van der Waals surface area contributed by atoms with Crippen molar-refractivity contribution in [2.75, 3.05) is 47.8 Å². The Bertz CT molecular complexity index is 748. The molecule has 1 unspecified atom stereocenters. The molecule has 8 nitrogen and oxygen atoms in total. The number of benzene rings is 1. The SMILES string of the molecule is COc1ccc(C2OCC3(CO2)SC2=NC[NH+](C)CN2C3=O)cc1OC. The van der Waals surface area contributed by atoms with Gasteiger partial charge in [0.05, 0.1) is 34.5 Å². The summed E-state index contributed by atoms with van der Waals surface area (Å²) in [5.41, 5.74) is 0.826. The normalized spacial score (nSPS) is 31.0. The lowest BCUT2D eigenvalue weighted by Gasteiger charge is -2.34. The van der Waals surface area contributed by atoms with Gasteiger partial charge < -0.3 is 23.8 Å². The van der Waals surface area contributed by atoms with Gasteiger partial charge in [-0.05, 0) is 12.1 Å². The third-order valence-corrected chi connectivity index (χ3v) is 6.01. The van der Waals surface area contributed by atoms with E-state index in [-0.39, 0.29) is 19.1 Å². The van der Waals surface area contributed by atoms with Crippen LogP contribution in [0.25, 0.3) is 0 Å². The first-order valence-corrected chi connectivity index (χ1v) is 9.20. The van der Waals surface area contributed by atoms with Crippen LogP contribution in [0.1, 0.15) is 11.9 Å². The molecular weight excluding hydrogens is 358 g/mol. The van der Waals surface area contributed by atoms with Crippen molar-refractivity contribution in [3.8, 4) is 11.5 Å². The van der Waals surface area contributed by atoms with Crippen LogP contribution in [0, 0.1) is 0 Å². The molecular formula is C17H22N3O5S+. The number of thioether (sulfide) groups is 1. The summed E-state index contributed by atoms with van der Waals surface area (Å²) in [6, 6.07) is 5.52. The molecule has 26 heavy (non-hydrogen) atoms. The zero-order chi connectivity index (χ0) is 18.3. The highest BCUT2D eigenvalue weighted by Crippen LogP contribution is 2.43. The third-order valence-electron chi connectivity index (χ3n) is 4.68. The lowest BCUT2D eigenvalue weighted by Crippen LogP contribution is -3.11. The number of nitrogens with one attached hydrogen (secondary N) is 1. The van der Waals surface area contributed by atoms with E-state index in [0.717, 1.165) is 10.7 Å². The molecule has 4 rings (SSSR count). The van der Waals surface area contributed by atoms with Crippen LogP contribution in [-0.4, -0.2) is 68.5 Å². The summed E-state index contributed by atoms with van der Waals surface area (Å²) >= 11 is 1.46. The van der Waals surface area contributed by atoms with Gasteiger partial charge in [0, 0.05) is 5.56 Å². The van der Waals surface area contributed by atoms with Crippen LogP contribution in [0.3, 0.4) is 0 Å². The number of methoxy groups -OCH3 is 2. The Hall–Kier alpha value is -1.81. The number of rotatable bonds is 3. The van der Waals surface area contributed by atoms with Crippen molar-refractivity contribution in [2.45, 2.75) is 11.0 Å². The first kappa shape index (κ1) is 17.6. The summed E-state index contributed by atoms with van der Waals surface area (Å²) < 4.78 is 21.7. The van der Waals surface area contributed by atoms with Crippen molar-refractivity contribution >= 4 is 22.8 Å². The number of quaternary nitrogens is 1. The molecule has 0 bridgehead atoms. The lowest BCUT2D eigenvalue weighted by atomic mass is 10.1. The highest BCUT2D eigenvalue weighted by molar-refractivity contribution is 8.16. The average molecular weight is 380 g/mol. The first-order valence-electron chi connectivity index (χ1n) is 8.38. The molecule has 0 saturated carbocycles. The van der Waals surface area contributed by atoms with Crippen LogP contribution >= 0.6 is 11.8 Å². The first-order chi connectivity index (χ1) is 12.6. The minimum Gasteiger partial charge on any atom is -0.493 e. The standard InChI is InChI=1S/C17H21N3O5S/c1-19-9-18-16-20(10-19)15(21)17(26-16)7-24-14(25-8-17)11-4-5-12(22-2)13(6-11)23-3/h4-6,14H,7-10H2,1-3H3/p+1. The molecule has 9 heteroatoms. The molecule has 1 spiro atoms. The molecule has 3 heterocycles. The van der Waals surface area contributed by atoms with E-state index < -0.39 is 11.0 Å². The zero-order valence-corrected chi connectivity index (χ0v) is 15.8. The van der Waals surface area contributed by atoms with E-state index in [0.29, 0.717) is 24.8 Å². The Morgan fingerprint density at radius 2 is 2.00 bits per heavy atom. The Kier molecular flexibility index (Phi) is 4.55. The molecule has 1 amide bonds. The Morgan fingerprint density at radius 3 is 2.69 bits per heavy atom. The maximum Gasteiger partial charge on any atom is 0.254 e. The molecule has 2 saturated heterocycles. The van der Waals surface area contributed by atoms with E-state index in [1.807, 2.05) is 25.2 Å². The number of carbonyl (C=O) groups excluding carboxylic acids is 1. The summed E-state index contributed by atoms with van der Waals surface area (Å²) in [6.07, 6.45) is -0.540. The summed E-state index contributed by atoms with van der Waals surface area (Å²) in [5.74, 6) is 1.28. The van der Waals surface area contributed by atoms with Crippen LogP contribution in [0.5, 0.6) is 11.5 Å². The van der Waals surface area contributed by atoms with Gasteiger partial charge in [-0.15, -0.1) is 0 Å². The Labute approximate surface area is 156 Å². The molecule has 1 N–H and O–H groups in total. The third kappa shape index (κ3) is 2.84. The predicted molar refractivity (Wildman–Crippen MR) is 95.4 cm³/mol. The van der Waals surface area contributed by atoms with Gasteiger partial charge in [-0.1, -0.05) is 17.8 Å². The Morgan fingerprint density at radius 1 is 1.27 bits per heavy atom. The van der Waals surface area contributed by atoms with Gasteiger partial charge in [-0.3, -0.25) is 4.79 Å². The summed E-state index contributed by atoms with van der Waals surface area (Å²) in [6.45, 7) is 1.87. The second-order valence-corrected chi connectivity index (χ2v) is 7.96. The fourth-order valence-electron chi connectivity index (χ4n) is 3.27. The summed E-state index contributed by atoms with van der Waals surface area (Å²) in [4.78, 5) is 20.3. The minimum absolute atomic E-state index is 0.0195. The molecule has 2 fully saturated rings. The number of fused-ring (bicyclic) bond motifs is 1. The van der Waals surface area contributed by atoms with Gasteiger partial charge in [-0.2, -0.15) is 0 Å². The molecule has 1 atom stereocenters. The molecule has 3 aliphatic rings. The monoisotopic (exact) mass is 380 g/mol. The van der Waals surface area contributed by atoms with Crippen LogP contribution in [0.15, 0.2) is 23.2 Å². The molecule has 0 aromatic heterocycles. The summed E-state index contributed by atoms with van der Waals surface area (Å²) in [7, 11) is 5.20. The van der Waals surface area contributed by atoms with Crippen molar-refractivity contribution in [3.05, 3.63) is 23.8 Å². The average Bonchev–Trinajstić information content (AvgIpc) is 2.93. The molecule has 1 aromatic rings. The number of hydrogen-bond donors (Lipinski definition) is 1. The van der Waals surface area contributed by atoms with Crippen LogP contribution < -0.4 is 14.4 Å². The van der Waals surface area contributed by atoms with E-state index in [2.05, 4.69) is 4.99 Å². The number of aliphatic imine (C=N–C) groups is 1. The quantitative estimate of drug-likeness (QED) is 0.787. The van der Waals surface area contributed by atoms with Gasteiger partial charge >= 0.3 is 0 Å². The predicted octanol–water partition coefficient (Wildman–Crippen LogP) is -0.137. The van der Waals surface area contributed by atoms with Crippen molar-refractivity contribution < 1.29 is 28.6 Å². The molecule has 140 valence electrons. The van der Waals surface area contributed by atoms with Crippen molar-refractivity contribution in [1.82, 2.24) is 4.90 Å². The topological polar surface area (TPSA) is 74.0 Å². The number of ether oxygens (including phenoxy) is 4. The smallest absolute Gasteiger partial charge is 0.254 e. The number of hydrogen-bond acceptors (Lipinski definition) is 7. The number of nitrogens with zero attached hydrogens (tertiary/aromatic N) is 2. The minimum atomic E-state index is -0.740. The van der Waals surface area contributed by atoms with E-state index in [9.17, 15) is 4.79 Å². The molecule has 0 radical (unpaired) electrons. The van der Waals surface area contributed by atoms with Crippen molar-refractivity contribution in [3.63, 3.8) is 0 Å². The van der Waals surface area contributed by atoms with Crippen molar-refractivity contribution in [1.29, 1.82) is 0 Å². The molecule has 0 aliphatic carbocycles. The summed E-state index contributed by atoms with van der Waals surface area (Å²) in [5, 5.41) is 0.775. The van der Waals surface area contributed by atoms with E-state index in [1.54, 1.807) is 19.1 Å². The van der Waals surface area contributed by atoms with Gasteiger partial charge in [0.25, 0.3) is 5.91 Å². The van der Waals surface area contributed by atoms with Gasteiger partial charge in [0.15, 0.2) is 36.3 Å². The van der Waals surface area contributed by atoms with Gasteiger partial charge in [0.1, 0.15) is 4.75 Å². The van der Waals surface area contributed by atoms with Crippen LogP contribution in [0.4, 0.5) is 0 Å². The Balaban J connectivity index is 1.49. The fraction of sp³-hybridized carbons (Fsp3) is 0.529. The van der Waals surface area contributed by atoms with E-state index in [4.69, 9.17) is 18.9 Å². The number of amides is 1. The van der Waals surface area contributed by atoms with E-state index in [1.165, 1.54) is 16.7 Å². The van der Waals surface area contributed by atoms with E-state index >= 15 is 0 Å². The molecule has 1 aromatic carbocycles. The number of amidine groups is 1.